The Morgan fingerprint density at radius 3 is 2.36 bits per heavy atom. The Hall–Kier alpha value is -3.06. The van der Waals surface area contributed by atoms with E-state index in [1.165, 1.54) is 19.1 Å². The Morgan fingerprint density at radius 2 is 1.71 bits per heavy atom. The molecule has 0 aliphatic carbocycles. The summed E-state index contributed by atoms with van der Waals surface area (Å²) in [6.45, 7) is 3.44. The zero-order valence-corrected chi connectivity index (χ0v) is 15.9. The van der Waals surface area contributed by atoms with E-state index in [9.17, 15) is 18.8 Å². The first-order valence-corrected chi connectivity index (χ1v) is 8.91. The minimum Gasteiger partial charge on any atom is -0.465 e. The smallest absolute Gasteiger partial charge is 0.320 e. The maximum atomic E-state index is 13.1. The molecule has 7 heteroatoms. The molecule has 0 heterocycles. The molecule has 0 aromatic heterocycles. The molecule has 0 saturated heterocycles. The van der Waals surface area contributed by atoms with Crippen LogP contribution in [0.2, 0.25) is 0 Å². The van der Waals surface area contributed by atoms with Crippen LogP contribution in [0.15, 0.2) is 48.5 Å². The molecule has 0 atom stereocenters. The average Bonchev–Trinajstić information content (AvgIpc) is 2.64. The van der Waals surface area contributed by atoms with Gasteiger partial charge in [-0.05, 0) is 43.7 Å². The van der Waals surface area contributed by atoms with Crippen molar-refractivity contribution in [1.82, 2.24) is 4.90 Å². The lowest BCUT2D eigenvalue weighted by Crippen LogP contribution is -2.37. The molecule has 0 spiro atoms. The molecule has 0 bridgehead atoms. The molecule has 0 radical (unpaired) electrons. The van der Waals surface area contributed by atoms with Gasteiger partial charge in [-0.25, -0.2) is 4.39 Å². The Balaban J connectivity index is 2.09. The number of amides is 1. The van der Waals surface area contributed by atoms with Crippen LogP contribution >= 0.6 is 0 Å². The lowest BCUT2D eigenvalue weighted by molar-refractivity contribution is -0.144. The van der Waals surface area contributed by atoms with Crippen LogP contribution in [0, 0.1) is 5.82 Å². The summed E-state index contributed by atoms with van der Waals surface area (Å²) in [6, 6.07) is 12.5. The van der Waals surface area contributed by atoms with Crippen LogP contribution in [0.3, 0.4) is 0 Å². The summed E-state index contributed by atoms with van der Waals surface area (Å²) in [7, 11) is 0. The van der Waals surface area contributed by atoms with Crippen LogP contribution < -0.4 is 5.32 Å². The third-order valence-electron chi connectivity index (χ3n) is 3.93. The molecule has 0 aliphatic heterocycles. The zero-order valence-electron chi connectivity index (χ0n) is 15.9. The summed E-state index contributed by atoms with van der Waals surface area (Å²) in [5.41, 5.74) is 1.58. The summed E-state index contributed by atoms with van der Waals surface area (Å²) in [6.07, 6.45) is 0. The molecule has 0 saturated carbocycles. The Kier molecular flexibility index (Phi) is 7.83. The summed E-state index contributed by atoms with van der Waals surface area (Å²) in [4.78, 5) is 37.7. The third kappa shape index (κ3) is 6.59. The first-order valence-electron chi connectivity index (χ1n) is 8.91. The number of para-hydroxylation sites is 1. The second-order valence-corrected chi connectivity index (χ2v) is 6.23. The number of hydrogen-bond donors (Lipinski definition) is 1. The number of halogens is 1. The molecule has 0 aliphatic rings. The molecule has 2 aromatic rings. The number of ether oxygens (including phenoxy) is 1. The van der Waals surface area contributed by atoms with E-state index >= 15 is 0 Å². The minimum absolute atomic E-state index is 0.0903. The van der Waals surface area contributed by atoms with Crippen molar-refractivity contribution in [3.05, 3.63) is 65.5 Å². The number of anilines is 1. The van der Waals surface area contributed by atoms with Crippen molar-refractivity contribution in [1.29, 1.82) is 0 Å². The molecule has 2 rings (SSSR count). The number of rotatable bonds is 9. The first-order chi connectivity index (χ1) is 13.4. The number of nitrogens with one attached hydrogen (secondary N) is 1. The predicted molar refractivity (Wildman–Crippen MR) is 103 cm³/mol. The lowest BCUT2D eigenvalue weighted by atomic mass is 10.1. The van der Waals surface area contributed by atoms with Gasteiger partial charge in [0.05, 0.1) is 25.4 Å². The number of ketones is 1. The van der Waals surface area contributed by atoms with E-state index in [0.717, 1.165) is 5.56 Å². The number of esters is 1. The molecule has 0 fully saturated rings. The van der Waals surface area contributed by atoms with Crippen molar-refractivity contribution in [3.8, 4) is 0 Å². The quantitative estimate of drug-likeness (QED) is 0.530. The van der Waals surface area contributed by atoms with Gasteiger partial charge in [0.25, 0.3) is 0 Å². The maximum absolute atomic E-state index is 13.1. The topological polar surface area (TPSA) is 75.7 Å². The highest BCUT2D eigenvalue weighted by molar-refractivity contribution is 6.04. The molecule has 28 heavy (non-hydrogen) atoms. The van der Waals surface area contributed by atoms with E-state index in [1.54, 1.807) is 48.2 Å². The monoisotopic (exact) mass is 386 g/mol. The zero-order chi connectivity index (χ0) is 20.5. The summed E-state index contributed by atoms with van der Waals surface area (Å²) < 4.78 is 18.1. The fraction of sp³-hybridized carbons (Fsp3) is 0.286. The highest BCUT2D eigenvalue weighted by Crippen LogP contribution is 2.16. The van der Waals surface area contributed by atoms with Crippen LogP contribution in [-0.4, -0.2) is 42.3 Å². The third-order valence-corrected chi connectivity index (χ3v) is 3.93. The molecule has 6 nitrogen and oxygen atoms in total. The lowest BCUT2D eigenvalue weighted by Gasteiger charge is -2.21. The van der Waals surface area contributed by atoms with E-state index in [-0.39, 0.29) is 43.7 Å². The second kappa shape index (κ2) is 10.3. The number of benzene rings is 2. The Bertz CT molecular complexity index is 837. The number of hydrogen-bond acceptors (Lipinski definition) is 5. The molecule has 2 aromatic carbocycles. The van der Waals surface area contributed by atoms with E-state index < -0.39 is 5.97 Å². The van der Waals surface area contributed by atoms with Crippen molar-refractivity contribution in [2.24, 2.45) is 0 Å². The van der Waals surface area contributed by atoms with Crippen LogP contribution in [0.5, 0.6) is 0 Å². The van der Waals surface area contributed by atoms with Crippen molar-refractivity contribution in [3.63, 3.8) is 0 Å². The van der Waals surface area contributed by atoms with Crippen LogP contribution in [0.4, 0.5) is 10.1 Å². The number of carbonyl (C=O) groups is 3. The standard InChI is InChI=1S/C21H23FN2O4/c1-3-28-21(27)14-24(12-16-8-10-17(22)11-9-16)13-20(26)23-19-7-5-4-6-18(19)15(2)25/h4-11H,3,12-14H2,1-2H3,(H,23,26). The van der Waals surface area contributed by atoms with Gasteiger partial charge in [-0.1, -0.05) is 24.3 Å². The molecular weight excluding hydrogens is 363 g/mol. The molecule has 148 valence electrons. The van der Waals surface area contributed by atoms with Crippen LogP contribution in [0.1, 0.15) is 29.8 Å². The molecular formula is C21H23FN2O4. The van der Waals surface area contributed by atoms with Gasteiger partial charge in [0.1, 0.15) is 5.82 Å². The Labute approximate surface area is 163 Å². The fourth-order valence-electron chi connectivity index (χ4n) is 2.70. The van der Waals surface area contributed by atoms with Gasteiger partial charge >= 0.3 is 5.97 Å². The fourth-order valence-corrected chi connectivity index (χ4v) is 2.70. The second-order valence-electron chi connectivity index (χ2n) is 6.23. The van der Waals surface area contributed by atoms with E-state index in [0.29, 0.717) is 11.3 Å². The van der Waals surface area contributed by atoms with Crippen molar-refractivity contribution < 1.29 is 23.5 Å². The first kappa shape index (κ1) is 21.2. The number of nitrogens with zero attached hydrogens (tertiary/aromatic N) is 1. The van der Waals surface area contributed by atoms with Gasteiger partial charge in [0, 0.05) is 12.1 Å². The Morgan fingerprint density at radius 1 is 1.04 bits per heavy atom. The van der Waals surface area contributed by atoms with Gasteiger partial charge in [0.2, 0.25) is 5.91 Å². The SMILES string of the molecule is CCOC(=O)CN(CC(=O)Nc1ccccc1C(C)=O)Cc1ccc(F)cc1. The minimum atomic E-state index is -0.457. The van der Waals surface area contributed by atoms with Gasteiger partial charge < -0.3 is 10.1 Å². The van der Waals surface area contributed by atoms with Gasteiger partial charge in [0.15, 0.2) is 5.78 Å². The van der Waals surface area contributed by atoms with Gasteiger partial charge in [-0.2, -0.15) is 0 Å². The van der Waals surface area contributed by atoms with Crippen LogP contribution in [-0.2, 0) is 20.9 Å². The van der Waals surface area contributed by atoms with E-state index in [4.69, 9.17) is 4.74 Å². The molecule has 1 amide bonds. The predicted octanol–water partition coefficient (Wildman–Crippen LogP) is 3.03. The van der Waals surface area contributed by atoms with E-state index in [2.05, 4.69) is 5.32 Å². The number of Topliss-reactive ketones (excluding diaryl/α,β-unsaturated/α-hetero) is 1. The summed E-state index contributed by atoms with van der Waals surface area (Å²) >= 11 is 0. The summed E-state index contributed by atoms with van der Waals surface area (Å²) in [5.74, 6) is -1.36. The van der Waals surface area contributed by atoms with Crippen molar-refractivity contribution >= 4 is 23.3 Å². The van der Waals surface area contributed by atoms with Gasteiger partial charge in [-0.15, -0.1) is 0 Å². The number of carbonyl (C=O) groups excluding carboxylic acids is 3. The van der Waals surface area contributed by atoms with Crippen molar-refractivity contribution in [2.75, 3.05) is 25.0 Å². The molecule has 0 unspecified atom stereocenters. The normalized spacial score (nSPS) is 10.6. The average molecular weight is 386 g/mol. The van der Waals surface area contributed by atoms with Crippen LogP contribution in [0.25, 0.3) is 0 Å². The van der Waals surface area contributed by atoms with E-state index in [1.807, 2.05) is 0 Å². The maximum Gasteiger partial charge on any atom is 0.320 e. The summed E-state index contributed by atoms with van der Waals surface area (Å²) in [5, 5.41) is 2.71. The van der Waals surface area contributed by atoms with Crippen molar-refractivity contribution in [2.45, 2.75) is 20.4 Å². The van der Waals surface area contributed by atoms with Gasteiger partial charge in [-0.3, -0.25) is 19.3 Å². The highest BCUT2D eigenvalue weighted by Gasteiger charge is 2.17. The molecule has 1 N–H and O–H groups in total. The largest absolute Gasteiger partial charge is 0.465 e. The highest BCUT2D eigenvalue weighted by atomic mass is 19.1.